The Morgan fingerprint density at radius 2 is 2.24 bits per heavy atom. The fraction of sp³-hybridized carbons (Fsp3) is 0.818. The highest BCUT2D eigenvalue weighted by atomic mass is 16.4. The van der Waals surface area contributed by atoms with Gasteiger partial charge in [0.25, 0.3) is 0 Å². The van der Waals surface area contributed by atoms with Crippen LogP contribution in [0.25, 0.3) is 0 Å². The molecule has 0 aromatic heterocycles. The molecule has 0 aliphatic carbocycles. The van der Waals surface area contributed by atoms with Crippen molar-refractivity contribution in [2.75, 3.05) is 13.1 Å². The second-order valence-electron chi connectivity index (χ2n) is 4.36. The van der Waals surface area contributed by atoms with Crippen LogP contribution in [0.1, 0.15) is 32.6 Å². The molecule has 1 heterocycles. The summed E-state index contributed by atoms with van der Waals surface area (Å²) in [5, 5.41) is 23.4. The Labute approximate surface area is 100 Å². The fourth-order valence-corrected chi connectivity index (χ4v) is 2.08. The summed E-state index contributed by atoms with van der Waals surface area (Å²) in [5.41, 5.74) is -0.506. The fourth-order valence-electron chi connectivity index (χ4n) is 2.08. The second-order valence-corrected chi connectivity index (χ2v) is 4.36. The molecule has 0 spiro atoms. The van der Waals surface area contributed by atoms with E-state index in [2.05, 4.69) is 10.6 Å². The predicted molar refractivity (Wildman–Crippen MR) is 61.5 cm³/mol. The van der Waals surface area contributed by atoms with Crippen molar-refractivity contribution < 1.29 is 19.8 Å². The van der Waals surface area contributed by atoms with Crippen LogP contribution in [-0.2, 0) is 9.59 Å². The van der Waals surface area contributed by atoms with Crippen LogP contribution in [0.4, 0.5) is 0 Å². The number of carboxylic acids is 1. The van der Waals surface area contributed by atoms with Crippen LogP contribution in [0.15, 0.2) is 0 Å². The zero-order chi connectivity index (χ0) is 12.9. The van der Waals surface area contributed by atoms with Gasteiger partial charge in [-0.05, 0) is 25.8 Å². The van der Waals surface area contributed by atoms with Gasteiger partial charge >= 0.3 is 5.97 Å². The minimum Gasteiger partial charge on any atom is -0.479 e. The molecule has 1 amide bonds. The lowest BCUT2D eigenvalue weighted by Crippen LogP contribution is -2.53. The lowest BCUT2D eigenvalue weighted by atomic mass is 9.93. The minimum atomic E-state index is -1.41. The van der Waals surface area contributed by atoms with Crippen LogP contribution in [0.3, 0.4) is 0 Å². The first-order valence-corrected chi connectivity index (χ1v) is 5.96. The third kappa shape index (κ3) is 3.41. The Bertz CT molecular complexity index is 287. The highest BCUT2D eigenvalue weighted by Gasteiger charge is 2.38. The molecule has 1 aliphatic heterocycles. The quantitative estimate of drug-likeness (QED) is 0.503. The molecule has 0 aromatic rings. The lowest BCUT2D eigenvalue weighted by molar-refractivity contribution is -0.147. The molecule has 0 radical (unpaired) electrons. The highest BCUT2D eigenvalue weighted by molar-refractivity contribution is 5.86. The molecule has 17 heavy (non-hydrogen) atoms. The number of amides is 1. The number of hydrogen-bond acceptors (Lipinski definition) is 4. The van der Waals surface area contributed by atoms with Crippen molar-refractivity contribution in [3.8, 4) is 0 Å². The van der Waals surface area contributed by atoms with Gasteiger partial charge in [-0.2, -0.15) is 0 Å². The first-order chi connectivity index (χ1) is 8.02. The molecule has 1 fully saturated rings. The van der Waals surface area contributed by atoms with E-state index in [4.69, 9.17) is 10.2 Å². The molecule has 2 atom stereocenters. The molecule has 1 rings (SSSR count). The second kappa shape index (κ2) is 5.97. The summed E-state index contributed by atoms with van der Waals surface area (Å²) >= 11 is 0. The molecule has 0 aromatic carbocycles. The first kappa shape index (κ1) is 13.9. The van der Waals surface area contributed by atoms with Crippen LogP contribution >= 0.6 is 0 Å². The molecule has 0 bridgehead atoms. The van der Waals surface area contributed by atoms with E-state index in [1.807, 2.05) is 6.92 Å². The molecular formula is C11H20N2O4. The maximum Gasteiger partial charge on any atom is 0.332 e. The number of carbonyl (C=O) groups excluding carboxylic acids is 1. The number of aliphatic hydroxyl groups is 1. The molecule has 4 N–H and O–H groups in total. The van der Waals surface area contributed by atoms with Crippen molar-refractivity contribution in [3.63, 3.8) is 0 Å². The third-order valence-corrected chi connectivity index (χ3v) is 3.27. The van der Waals surface area contributed by atoms with Crippen LogP contribution in [0, 0.1) is 0 Å². The Kier molecular flexibility index (Phi) is 4.89. The third-order valence-electron chi connectivity index (χ3n) is 3.27. The van der Waals surface area contributed by atoms with Gasteiger partial charge in [-0.3, -0.25) is 4.79 Å². The average Bonchev–Trinajstić information content (AvgIpc) is 2.78. The number of carbonyl (C=O) groups is 2. The Balaban J connectivity index is 2.36. The number of aliphatic hydroxyl groups excluding tert-OH is 1. The van der Waals surface area contributed by atoms with E-state index in [1.165, 1.54) is 0 Å². The van der Waals surface area contributed by atoms with Crippen LogP contribution in [-0.4, -0.2) is 46.8 Å². The topological polar surface area (TPSA) is 98.7 Å². The van der Waals surface area contributed by atoms with Crippen LogP contribution < -0.4 is 10.6 Å². The molecule has 6 nitrogen and oxygen atoms in total. The summed E-state index contributed by atoms with van der Waals surface area (Å²) < 4.78 is 0. The van der Waals surface area contributed by atoms with E-state index in [9.17, 15) is 9.59 Å². The first-order valence-electron chi connectivity index (χ1n) is 5.96. The van der Waals surface area contributed by atoms with E-state index < -0.39 is 17.6 Å². The number of aliphatic carboxylic acids is 1. The molecule has 1 aliphatic rings. The van der Waals surface area contributed by atoms with Gasteiger partial charge in [0.1, 0.15) is 0 Å². The normalized spacial score (nSPS) is 25.5. The number of rotatable bonds is 6. The number of carboxylic acid groups (broad SMARTS) is 1. The summed E-state index contributed by atoms with van der Waals surface area (Å²) in [6.45, 7) is 2.96. The SMILES string of the molecule is CCC1(C(=O)NCC[C@H](O)C(=O)O)CCCN1. The van der Waals surface area contributed by atoms with Crippen molar-refractivity contribution in [1.82, 2.24) is 10.6 Å². The average molecular weight is 244 g/mol. The monoisotopic (exact) mass is 244 g/mol. The van der Waals surface area contributed by atoms with Crippen molar-refractivity contribution >= 4 is 11.9 Å². The molecular weight excluding hydrogens is 224 g/mol. The maximum absolute atomic E-state index is 11.9. The van der Waals surface area contributed by atoms with Gasteiger partial charge in [-0.25, -0.2) is 4.79 Å². The summed E-state index contributed by atoms with van der Waals surface area (Å²) in [6.07, 6.45) is 1.10. The Hall–Kier alpha value is -1.14. The Morgan fingerprint density at radius 1 is 1.53 bits per heavy atom. The van der Waals surface area contributed by atoms with Gasteiger partial charge in [-0.15, -0.1) is 0 Å². The molecule has 1 unspecified atom stereocenters. The summed E-state index contributed by atoms with van der Waals surface area (Å²) in [7, 11) is 0. The van der Waals surface area contributed by atoms with Gasteiger partial charge in [0.05, 0.1) is 5.54 Å². The van der Waals surface area contributed by atoms with Crippen molar-refractivity contribution in [2.24, 2.45) is 0 Å². The maximum atomic E-state index is 11.9. The van der Waals surface area contributed by atoms with Gasteiger partial charge in [0.2, 0.25) is 5.91 Å². The van der Waals surface area contributed by atoms with Gasteiger partial charge in [0, 0.05) is 13.0 Å². The minimum absolute atomic E-state index is 0.0286. The molecule has 0 saturated carbocycles. The van der Waals surface area contributed by atoms with E-state index in [0.717, 1.165) is 19.4 Å². The van der Waals surface area contributed by atoms with E-state index >= 15 is 0 Å². The van der Waals surface area contributed by atoms with Gasteiger partial charge in [-0.1, -0.05) is 6.92 Å². The molecule has 6 heteroatoms. The van der Waals surface area contributed by atoms with E-state index in [-0.39, 0.29) is 18.9 Å². The van der Waals surface area contributed by atoms with Crippen molar-refractivity contribution in [3.05, 3.63) is 0 Å². The van der Waals surface area contributed by atoms with Crippen molar-refractivity contribution in [1.29, 1.82) is 0 Å². The summed E-state index contributed by atoms with van der Waals surface area (Å²) in [5.74, 6) is -1.36. The smallest absolute Gasteiger partial charge is 0.332 e. The van der Waals surface area contributed by atoms with Crippen LogP contribution in [0.5, 0.6) is 0 Å². The summed E-state index contributed by atoms with van der Waals surface area (Å²) in [6, 6.07) is 0. The lowest BCUT2D eigenvalue weighted by Gasteiger charge is -2.26. The number of nitrogens with one attached hydrogen (secondary N) is 2. The van der Waals surface area contributed by atoms with E-state index in [0.29, 0.717) is 6.42 Å². The summed E-state index contributed by atoms with van der Waals surface area (Å²) in [4.78, 5) is 22.3. The van der Waals surface area contributed by atoms with E-state index in [1.54, 1.807) is 0 Å². The molecule has 98 valence electrons. The van der Waals surface area contributed by atoms with Gasteiger partial charge in [0.15, 0.2) is 6.10 Å². The molecule has 1 saturated heterocycles. The van der Waals surface area contributed by atoms with Crippen LogP contribution in [0.2, 0.25) is 0 Å². The predicted octanol–water partition coefficient (Wildman–Crippen LogP) is -0.530. The standard InChI is InChI=1S/C11H20N2O4/c1-2-11(5-3-6-13-11)10(17)12-7-4-8(14)9(15)16/h8,13-14H,2-7H2,1H3,(H,12,17)(H,15,16)/t8-,11?/m0/s1. The van der Waals surface area contributed by atoms with Gasteiger partial charge < -0.3 is 20.8 Å². The zero-order valence-electron chi connectivity index (χ0n) is 10.0. The number of hydrogen-bond donors (Lipinski definition) is 4. The zero-order valence-corrected chi connectivity index (χ0v) is 10.0. The Morgan fingerprint density at radius 3 is 2.71 bits per heavy atom. The highest BCUT2D eigenvalue weighted by Crippen LogP contribution is 2.22. The van der Waals surface area contributed by atoms with Crippen molar-refractivity contribution in [2.45, 2.75) is 44.2 Å². The largest absolute Gasteiger partial charge is 0.479 e.